The van der Waals surface area contributed by atoms with E-state index in [1.807, 2.05) is 0 Å². The van der Waals surface area contributed by atoms with Crippen molar-refractivity contribution in [2.24, 2.45) is 0 Å². The first-order valence-corrected chi connectivity index (χ1v) is 4.99. The highest BCUT2D eigenvalue weighted by atomic mass is 15.1. The Morgan fingerprint density at radius 3 is 2.62 bits per heavy atom. The largest absolute Gasteiger partial charge is 0.397 e. The lowest BCUT2D eigenvalue weighted by molar-refractivity contribution is 0.387. The Bertz CT molecular complexity index is 329. The van der Waals surface area contributed by atoms with Crippen molar-refractivity contribution in [2.75, 3.05) is 5.73 Å². The van der Waals surface area contributed by atoms with Gasteiger partial charge < -0.3 is 10.3 Å². The molecule has 0 spiro atoms. The lowest BCUT2D eigenvalue weighted by Gasteiger charge is -2.23. The summed E-state index contributed by atoms with van der Waals surface area (Å²) in [5.74, 6) is 0. The lowest BCUT2D eigenvalue weighted by atomic mass is 10.1. The fraction of sp³-hybridized carbons (Fsp3) is 0.636. The minimum atomic E-state index is 0.173. The van der Waals surface area contributed by atoms with Gasteiger partial charge in [0.25, 0.3) is 0 Å². The Balaban J connectivity index is 2.55. The fourth-order valence-electron chi connectivity index (χ4n) is 2.20. The van der Waals surface area contributed by atoms with E-state index in [4.69, 9.17) is 5.73 Å². The third-order valence-electron chi connectivity index (χ3n) is 2.82. The monoisotopic (exact) mass is 178 g/mol. The molecule has 0 aromatic carbocycles. The Kier molecular flexibility index (Phi) is 1.69. The van der Waals surface area contributed by atoms with Crippen LogP contribution in [-0.4, -0.2) is 4.57 Å². The van der Waals surface area contributed by atoms with Crippen LogP contribution in [0.15, 0.2) is 6.20 Å². The third-order valence-corrected chi connectivity index (χ3v) is 2.82. The molecule has 0 saturated carbocycles. The summed E-state index contributed by atoms with van der Waals surface area (Å²) in [7, 11) is 0. The number of hydrogen-bond acceptors (Lipinski definition) is 1. The van der Waals surface area contributed by atoms with Crippen molar-refractivity contribution in [1.29, 1.82) is 0 Å². The summed E-state index contributed by atoms with van der Waals surface area (Å²) in [6, 6.07) is 0. The molecule has 0 unspecified atom stereocenters. The average molecular weight is 178 g/mol. The van der Waals surface area contributed by atoms with Gasteiger partial charge in [0.2, 0.25) is 0 Å². The second-order valence-corrected chi connectivity index (χ2v) is 4.90. The van der Waals surface area contributed by atoms with E-state index in [-0.39, 0.29) is 5.54 Å². The Morgan fingerprint density at radius 2 is 2.00 bits per heavy atom. The summed E-state index contributed by atoms with van der Waals surface area (Å²) in [5, 5.41) is 0. The number of anilines is 1. The molecule has 2 N–H and O–H groups in total. The van der Waals surface area contributed by atoms with Crippen LogP contribution in [0.4, 0.5) is 5.69 Å². The third kappa shape index (κ3) is 1.25. The molecule has 1 aromatic heterocycles. The van der Waals surface area contributed by atoms with E-state index in [0.717, 1.165) is 5.69 Å². The fourth-order valence-corrected chi connectivity index (χ4v) is 2.20. The van der Waals surface area contributed by atoms with E-state index in [2.05, 4.69) is 31.5 Å². The van der Waals surface area contributed by atoms with Gasteiger partial charge in [0.15, 0.2) is 0 Å². The molecule has 0 bridgehead atoms. The smallest absolute Gasteiger partial charge is 0.0529 e. The first kappa shape index (κ1) is 8.67. The van der Waals surface area contributed by atoms with E-state index in [1.54, 1.807) is 0 Å². The van der Waals surface area contributed by atoms with Crippen molar-refractivity contribution in [1.82, 2.24) is 4.57 Å². The molecule has 1 aliphatic rings. The summed E-state index contributed by atoms with van der Waals surface area (Å²) < 4.78 is 2.34. The molecule has 72 valence electrons. The van der Waals surface area contributed by atoms with E-state index in [1.165, 1.54) is 30.5 Å². The zero-order chi connectivity index (χ0) is 9.64. The summed E-state index contributed by atoms with van der Waals surface area (Å²) in [6.45, 7) is 6.68. The molecule has 0 atom stereocenters. The van der Waals surface area contributed by atoms with Gasteiger partial charge in [0.05, 0.1) is 5.69 Å². The highest BCUT2D eigenvalue weighted by Gasteiger charge is 2.24. The van der Waals surface area contributed by atoms with Crippen molar-refractivity contribution < 1.29 is 0 Å². The van der Waals surface area contributed by atoms with Crippen LogP contribution in [0, 0.1) is 0 Å². The van der Waals surface area contributed by atoms with Crippen molar-refractivity contribution in [2.45, 2.75) is 45.6 Å². The molecule has 2 rings (SSSR count). The summed E-state index contributed by atoms with van der Waals surface area (Å²) in [5.41, 5.74) is 9.99. The van der Waals surface area contributed by atoms with Gasteiger partial charge in [-0.25, -0.2) is 0 Å². The maximum absolute atomic E-state index is 5.97. The topological polar surface area (TPSA) is 30.9 Å². The summed E-state index contributed by atoms with van der Waals surface area (Å²) in [6.07, 6.45) is 5.74. The zero-order valence-electron chi connectivity index (χ0n) is 8.72. The van der Waals surface area contributed by atoms with Crippen LogP contribution >= 0.6 is 0 Å². The first-order valence-electron chi connectivity index (χ1n) is 4.99. The van der Waals surface area contributed by atoms with E-state index < -0.39 is 0 Å². The Labute approximate surface area is 79.7 Å². The maximum Gasteiger partial charge on any atom is 0.0529 e. The first-order chi connectivity index (χ1) is 6.00. The second kappa shape index (κ2) is 2.53. The molecule has 0 aliphatic heterocycles. The standard InChI is InChI=1S/C11H18N2/c1-11(2,3)13-7-9(12)8-5-4-6-10(8)13/h7H,4-6,12H2,1-3H3. The molecule has 1 aromatic rings. The number of nitrogens with two attached hydrogens (primary N) is 1. The van der Waals surface area contributed by atoms with Crippen molar-refractivity contribution in [3.63, 3.8) is 0 Å². The van der Waals surface area contributed by atoms with Crippen molar-refractivity contribution >= 4 is 5.69 Å². The molecule has 0 saturated heterocycles. The van der Waals surface area contributed by atoms with Gasteiger partial charge in [-0.3, -0.25) is 0 Å². The predicted octanol–water partition coefficient (Wildman–Crippen LogP) is 2.31. The van der Waals surface area contributed by atoms with Crippen LogP contribution in [0.25, 0.3) is 0 Å². The van der Waals surface area contributed by atoms with Gasteiger partial charge >= 0.3 is 0 Å². The molecule has 0 radical (unpaired) electrons. The van der Waals surface area contributed by atoms with Gasteiger partial charge in [-0.15, -0.1) is 0 Å². The summed E-state index contributed by atoms with van der Waals surface area (Å²) >= 11 is 0. The Hall–Kier alpha value is -0.920. The minimum Gasteiger partial charge on any atom is -0.397 e. The highest BCUT2D eigenvalue weighted by molar-refractivity contribution is 5.52. The average Bonchev–Trinajstić information content (AvgIpc) is 2.51. The summed E-state index contributed by atoms with van der Waals surface area (Å²) in [4.78, 5) is 0. The molecule has 13 heavy (non-hydrogen) atoms. The lowest BCUT2D eigenvalue weighted by Crippen LogP contribution is -2.22. The van der Waals surface area contributed by atoms with Crippen LogP contribution in [0.1, 0.15) is 38.4 Å². The minimum absolute atomic E-state index is 0.173. The molecule has 0 amide bonds. The SMILES string of the molecule is CC(C)(C)n1cc(N)c2c1CCC2. The highest BCUT2D eigenvalue weighted by Crippen LogP contribution is 2.32. The van der Waals surface area contributed by atoms with Crippen LogP contribution in [0.3, 0.4) is 0 Å². The van der Waals surface area contributed by atoms with Crippen molar-refractivity contribution in [3.8, 4) is 0 Å². The van der Waals surface area contributed by atoms with Crippen LogP contribution in [-0.2, 0) is 18.4 Å². The number of hydrogen-bond donors (Lipinski definition) is 1. The van der Waals surface area contributed by atoms with Crippen LogP contribution in [0.2, 0.25) is 0 Å². The predicted molar refractivity (Wildman–Crippen MR) is 55.9 cm³/mol. The number of nitrogens with zero attached hydrogens (tertiary/aromatic N) is 1. The van der Waals surface area contributed by atoms with Crippen LogP contribution in [0.5, 0.6) is 0 Å². The van der Waals surface area contributed by atoms with E-state index in [9.17, 15) is 0 Å². The van der Waals surface area contributed by atoms with Crippen LogP contribution < -0.4 is 5.73 Å². The zero-order valence-corrected chi connectivity index (χ0v) is 8.72. The van der Waals surface area contributed by atoms with Crippen molar-refractivity contribution in [3.05, 3.63) is 17.5 Å². The second-order valence-electron chi connectivity index (χ2n) is 4.90. The van der Waals surface area contributed by atoms with Gasteiger partial charge in [-0.2, -0.15) is 0 Å². The van der Waals surface area contributed by atoms with Gasteiger partial charge in [-0.05, 0) is 45.6 Å². The molecule has 2 heteroatoms. The quantitative estimate of drug-likeness (QED) is 0.649. The molecule has 2 nitrogen and oxygen atoms in total. The van der Waals surface area contributed by atoms with Gasteiger partial charge in [-0.1, -0.05) is 0 Å². The number of nitrogen functional groups attached to an aromatic ring is 1. The molecular formula is C11H18N2. The molecule has 1 heterocycles. The van der Waals surface area contributed by atoms with Gasteiger partial charge in [0, 0.05) is 17.4 Å². The molecule has 1 aliphatic carbocycles. The molecular weight excluding hydrogens is 160 g/mol. The normalized spacial score (nSPS) is 16.2. The maximum atomic E-state index is 5.97. The van der Waals surface area contributed by atoms with E-state index >= 15 is 0 Å². The Morgan fingerprint density at radius 1 is 1.31 bits per heavy atom. The van der Waals surface area contributed by atoms with Gasteiger partial charge in [0.1, 0.15) is 0 Å². The number of rotatable bonds is 0. The number of aromatic nitrogens is 1. The van der Waals surface area contributed by atoms with E-state index in [0.29, 0.717) is 0 Å². The molecule has 0 fully saturated rings. The number of fused-ring (bicyclic) bond motifs is 1.